The Balaban J connectivity index is 1.99. The zero-order chi connectivity index (χ0) is 21.6. The number of alkyl halides is 3. The fraction of sp³-hybridized carbons (Fsp3) is 0.526. The van der Waals surface area contributed by atoms with Gasteiger partial charge in [-0.1, -0.05) is 38.8 Å². The molecule has 0 aliphatic carbocycles. The predicted molar refractivity (Wildman–Crippen MR) is 108 cm³/mol. The topological polar surface area (TPSA) is 50.3 Å². The molecule has 2 aromatic rings. The lowest BCUT2D eigenvalue weighted by atomic mass is 9.96. The number of benzene rings is 1. The minimum atomic E-state index is -4.59. The van der Waals surface area contributed by atoms with Crippen molar-refractivity contribution in [2.45, 2.75) is 62.6 Å². The van der Waals surface area contributed by atoms with E-state index < -0.39 is 32.8 Å². The van der Waals surface area contributed by atoms with Crippen LogP contribution in [0.2, 0.25) is 5.02 Å². The first-order valence-electron chi connectivity index (χ1n) is 9.16. The quantitative estimate of drug-likeness (QED) is 0.555. The summed E-state index contributed by atoms with van der Waals surface area (Å²) in [4.78, 5) is 5.19. The van der Waals surface area contributed by atoms with E-state index >= 15 is 0 Å². The number of halogens is 4. The van der Waals surface area contributed by atoms with Crippen molar-refractivity contribution in [3.05, 3.63) is 44.9 Å². The molecule has 1 aliphatic rings. The van der Waals surface area contributed by atoms with Gasteiger partial charge in [0.15, 0.2) is 0 Å². The van der Waals surface area contributed by atoms with Crippen molar-refractivity contribution in [1.82, 2.24) is 9.29 Å². The molecular weight excluding hydrogens is 445 g/mol. The maximum absolute atomic E-state index is 13.3. The van der Waals surface area contributed by atoms with Gasteiger partial charge in [0.1, 0.15) is 9.90 Å². The lowest BCUT2D eigenvalue weighted by molar-refractivity contribution is -0.137. The van der Waals surface area contributed by atoms with E-state index in [1.165, 1.54) is 15.6 Å². The van der Waals surface area contributed by atoms with E-state index in [-0.39, 0.29) is 16.9 Å². The third-order valence-corrected chi connectivity index (χ3v) is 8.76. The fourth-order valence-corrected chi connectivity index (χ4v) is 6.61. The summed E-state index contributed by atoms with van der Waals surface area (Å²) in [7, 11) is -4.08. The van der Waals surface area contributed by atoms with Crippen LogP contribution < -0.4 is 0 Å². The van der Waals surface area contributed by atoms with Crippen molar-refractivity contribution < 1.29 is 21.6 Å². The van der Waals surface area contributed by atoms with E-state index in [1.807, 2.05) is 0 Å². The van der Waals surface area contributed by atoms with Crippen LogP contribution in [0, 0.1) is 0 Å². The molecule has 3 rings (SSSR count). The predicted octanol–water partition coefficient (Wildman–Crippen LogP) is 6.03. The zero-order valence-corrected chi connectivity index (χ0v) is 18.6. The average molecular weight is 467 g/mol. The molecule has 0 unspecified atom stereocenters. The first kappa shape index (κ1) is 22.5. The first-order chi connectivity index (χ1) is 13.3. The Morgan fingerprint density at radius 3 is 2.45 bits per heavy atom. The summed E-state index contributed by atoms with van der Waals surface area (Å²) in [5.74, 6) is 0. The molecular formula is C19H22ClF3N2O2S2. The summed E-state index contributed by atoms with van der Waals surface area (Å²) in [5.41, 5.74) is -1.09. The molecule has 0 N–H and O–H groups in total. The van der Waals surface area contributed by atoms with Crippen molar-refractivity contribution >= 4 is 33.0 Å². The Morgan fingerprint density at radius 2 is 1.90 bits per heavy atom. The number of hydrogen-bond acceptors (Lipinski definition) is 4. The van der Waals surface area contributed by atoms with E-state index in [4.69, 9.17) is 11.6 Å². The number of rotatable bonds is 3. The molecule has 0 radical (unpaired) electrons. The SMILES string of the molecule is CC(C)(C)c1cnc([C@@H]2CCCCN2S(=O)(=O)c2ccc(C(F)(F)F)cc2Cl)s1. The molecule has 1 aromatic heterocycles. The van der Waals surface area contributed by atoms with Gasteiger partial charge in [0.25, 0.3) is 0 Å². The molecule has 4 nitrogen and oxygen atoms in total. The highest BCUT2D eigenvalue weighted by molar-refractivity contribution is 7.89. The second kappa shape index (κ2) is 7.83. The molecule has 2 heterocycles. The third-order valence-electron chi connectivity index (χ3n) is 4.85. The fourth-order valence-electron chi connectivity index (χ4n) is 3.24. The van der Waals surface area contributed by atoms with Gasteiger partial charge in [0, 0.05) is 17.6 Å². The van der Waals surface area contributed by atoms with Crippen LogP contribution in [0.4, 0.5) is 13.2 Å². The van der Waals surface area contributed by atoms with Crippen LogP contribution in [0.25, 0.3) is 0 Å². The number of nitrogens with zero attached hydrogens (tertiary/aromatic N) is 2. The van der Waals surface area contributed by atoms with Crippen LogP contribution in [-0.4, -0.2) is 24.3 Å². The first-order valence-corrected chi connectivity index (χ1v) is 11.8. The molecule has 1 saturated heterocycles. The van der Waals surface area contributed by atoms with Crippen LogP contribution in [0.5, 0.6) is 0 Å². The summed E-state index contributed by atoms with van der Waals surface area (Å²) in [6, 6.07) is 1.90. The van der Waals surface area contributed by atoms with E-state index in [9.17, 15) is 21.6 Å². The Morgan fingerprint density at radius 1 is 1.21 bits per heavy atom. The van der Waals surface area contributed by atoms with Gasteiger partial charge in [-0.15, -0.1) is 11.3 Å². The number of piperidine rings is 1. The molecule has 1 aromatic carbocycles. The largest absolute Gasteiger partial charge is 0.416 e. The maximum Gasteiger partial charge on any atom is 0.416 e. The summed E-state index contributed by atoms with van der Waals surface area (Å²) >= 11 is 7.45. The normalized spacial score (nSPS) is 19.5. The van der Waals surface area contributed by atoms with Crippen LogP contribution in [0.3, 0.4) is 0 Å². The maximum atomic E-state index is 13.3. The van der Waals surface area contributed by atoms with Gasteiger partial charge in [-0.25, -0.2) is 13.4 Å². The average Bonchev–Trinajstić information content (AvgIpc) is 3.11. The van der Waals surface area contributed by atoms with Crippen LogP contribution in [-0.2, 0) is 21.6 Å². The smallest absolute Gasteiger partial charge is 0.248 e. The molecule has 10 heteroatoms. The number of thiazole rings is 1. The second-order valence-electron chi connectivity index (χ2n) is 8.08. The Kier molecular flexibility index (Phi) is 6.08. The summed E-state index contributed by atoms with van der Waals surface area (Å²) < 4.78 is 66.6. The summed E-state index contributed by atoms with van der Waals surface area (Å²) in [6.07, 6.45) is -0.698. The Hall–Kier alpha value is -1.16. The van der Waals surface area contributed by atoms with Crippen LogP contribution in [0.1, 0.15) is 61.5 Å². The van der Waals surface area contributed by atoms with Gasteiger partial charge in [0.2, 0.25) is 10.0 Å². The molecule has 0 spiro atoms. The Bertz CT molecular complexity index is 998. The molecule has 0 amide bonds. The molecule has 1 aliphatic heterocycles. The van der Waals surface area contributed by atoms with Crippen molar-refractivity contribution in [3.8, 4) is 0 Å². The van der Waals surface area contributed by atoms with E-state index in [0.29, 0.717) is 23.9 Å². The minimum absolute atomic E-state index is 0.106. The van der Waals surface area contributed by atoms with Gasteiger partial charge >= 0.3 is 6.18 Å². The molecule has 0 bridgehead atoms. The highest BCUT2D eigenvalue weighted by Crippen LogP contribution is 2.41. The molecule has 1 fully saturated rings. The third kappa shape index (κ3) is 4.62. The van der Waals surface area contributed by atoms with Gasteiger partial charge in [0.05, 0.1) is 16.6 Å². The van der Waals surface area contributed by atoms with Crippen molar-refractivity contribution in [1.29, 1.82) is 0 Å². The van der Waals surface area contributed by atoms with Crippen molar-refractivity contribution in [2.75, 3.05) is 6.54 Å². The Labute approximate surface area is 177 Å². The van der Waals surface area contributed by atoms with Gasteiger partial charge in [-0.3, -0.25) is 0 Å². The van der Waals surface area contributed by atoms with Gasteiger partial charge in [-0.05, 0) is 36.5 Å². The van der Waals surface area contributed by atoms with Crippen LogP contribution >= 0.6 is 22.9 Å². The highest BCUT2D eigenvalue weighted by Gasteiger charge is 2.38. The molecule has 160 valence electrons. The lowest BCUT2D eigenvalue weighted by Gasteiger charge is -2.33. The van der Waals surface area contributed by atoms with Crippen molar-refractivity contribution in [3.63, 3.8) is 0 Å². The highest BCUT2D eigenvalue weighted by atomic mass is 35.5. The number of sulfonamides is 1. The van der Waals surface area contributed by atoms with Crippen LogP contribution in [0.15, 0.2) is 29.3 Å². The number of hydrogen-bond donors (Lipinski definition) is 0. The molecule has 0 saturated carbocycles. The van der Waals surface area contributed by atoms with E-state index in [2.05, 4.69) is 25.8 Å². The van der Waals surface area contributed by atoms with Gasteiger partial charge < -0.3 is 0 Å². The lowest BCUT2D eigenvalue weighted by Crippen LogP contribution is -2.38. The standard InChI is InChI=1S/C19H22ClF3N2O2S2/c1-18(2,3)16-11-24-17(28-16)14-6-4-5-9-25(14)29(26,27)15-8-7-12(10-13(15)20)19(21,22)23/h7-8,10-11,14H,4-6,9H2,1-3H3/t14-/m0/s1. The monoisotopic (exact) mass is 466 g/mol. The summed E-state index contributed by atoms with van der Waals surface area (Å²) in [5, 5.41) is 0.264. The number of aromatic nitrogens is 1. The molecule has 29 heavy (non-hydrogen) atoms. The summed E-state index contributed by atoms with van der Waals surface area (Å²) in [6.45, 7) is 6.44. The van der Waals surface area contributed by atoms with Crippen molar-refractivity contribution in [2.24, 2.45) is 0 Å². The minimum Gasteiger partial charge on any atom is -0.248 e. The van der Waals surface area contributed by atoms with E-state index in [0.717, 1.165) is 23.4 Å². The van der Waals surface area contributed by atoms with Gasteiger partial charge in [-0.2, -0.15) is 17.5 Å². The van der Waals surface area contributed by atoms with E-state index in [1.54, 1.807) is 6.20 Å². The second-order valence-corrected chi connectivity index (χ2v) is 11.4. The molecule has 1 atom stereocenters. The zero-order valence-electron chi connectivity index (χ0n) is 16.3.